The summed E-state index contributed by atoms with van der Waals surface area (Å²) in [6, 6.07) is 18.0. The van der Waals surface area contributed by atoms with Gasteiger partial charge in [-0.1, -0.05) is 47.6 Å². The van der Waals surface area contributed by atoms with Crippen LogP contribution < -0.4 is 4.74 Å². The Hall–Kier alpha value is -3.12. The van der Waals surface area contributed by atoms with Crippen LogP contribution in [0.3, 0.4) is 0 Å². The summed E-state index contributed by atoms with van der Waals surface area (Å²) in [7, 11) is 0. The lowest BCUT2D eigenvalue weighted by Crippen LogP contribution is -2.48. The Kier molecular flexibility index (Phi) is 6.14. The number of hydrogen-bond donors (Lipinski definition) is 0. The topological polar surface area (TPSA) is 58.8 Å². The molecule has 0 radical (unpaired) electrons. The first-order chi connectivity index (χ1) is 14.7. The van der Waals surface area contributed by atoms with Crippen LogP contribution in [0, 0.1) is 6.92 Å². The van der Waals surface area contributed by atoms with Gasteiger partial charge in [-0.2, -0.15) is 0 Å². The van der Waals surface area contributed by atoms with Gasteiger partial charge < -0.3 is 14.2 Å². The molecular weight excluding hydrogens is 378 g/mol. The number of aromatic nitrogens is 1. The van der Waals surface area contributed by atoms with Gasteiger partial charge in [0, 0.05) is 38.3 Å². The van der Waals surface area contributed by atoms with E-state index in [2.05, 4.69) is 22.2 Å². The molecule has 3 aromatic rings. The van der Waals surface area contributed by atoms with Gasteiger partial charge in [0.25, 0.3) is 5.91 Å². The summed E-state index contributed by atoms with van der Waals surface area (Å²) in [4.78, 5) is 17.5. The highest BCUT2D eigenvalue weighted by Gasteiger charge is 2.28. The smallest absolute Gasteiger partial charge is 0.259 e. The van der Waals surface area contributed by atoms with Crippen LogP contribution in [0.4, 0.5) is 0 Å². The van der Waals surface area contributed by atoms with Gasteiger partial charge in [-0.25, -0.2) is 0 Å². The number of rotatable bonds is 6. The molecule has 156 valence electrons. The van der Waals surface area contributed by atoms with Crippen molar-refractivity contribution in [3.8, 4) is 17.0 Å². The number of piperazine rings is 1. The average Bonchev–Trinajstić information content (AvgIpc) is 3.17. The molecule has 4 rings (SSSR count). The van der Waals surface area contributed by atoms with Crippen molar-refractivity contribution in [2.75, 3.05) is 32.8 Å². The molecule has 0 bridgehead atoms. The van der Waals surface area contributed by atoms with Crippen molar-refractivity contribution in [3.05, 3.63) is 71.5 Å². The van der Waals surface area contributed by atoms with Gasteiger partial charge >= 0.3 is 0 Å². The van der Waals surface area contributed by atoms with Gasteiger partial charge in [-0.05, 0) is 31.5 Å². The number of hydrogen-bond acceptors (Lipinski definition) is 5. The number of carbonyl (C=O) groups is 1. The molecule has 0 saturated carbocycles. The minimum Gasteiger partial charge on any atom is -0.494 e. The normalized spacial score (nSPS) is 14.7. The van der Waals surface area contributed by atoms with Crippen LogP contribution in [-0.2, 0) is 6.54 Å². The maximum Gasteiger partial charge on any atom is 0.259 e. The van der Waals surface area contributed by atoms with Crippen molar-refractivity contribution in [2.45, 2.75) is 20.4 Å². The highest BCUT2D eigenvalue weighted by molar-refractivity contribution is 6.00. The molecule has 1 aliphatic rings. The van der Waals surface area contributed by atoms with Gasteiger partial charge in [-0.3, -0.25) is 9.69 Å². The van der Waals surface area contributed by atoms with E-state index >= 15 is 0 Å². The highest BCUT2D eigenvalue weighted by Crippen LogP contribution is 2.27. The molecule has 1 amide bonds. The van der Waals surface area contributed by atoms with Crippen molar-refractivity contribution in [3.63, 3.8) is 0 Å². The molecule has 30 heavy (non-hydrogen) atoms. The Balaban J connectivity index is 1.39. The average molecular weight is 405 g/mol. The zero-order valence-electron chi connectivity index (χ0n) is 17.5. The Morgan fingerprint density at radius 2 is 1.73 bits per heavy atom. The van der Waals surface area contributed by atoms with Crippen LogP contribution in [0.25, 0.3) is 11.3 Å². The SMILES string of the molecule is CCOc1ccc(CN2CCN(C(=O)c3c(-c4ccccc4)noc3C)CC2)cc1. The largest absolute Gasteiger partial charge is 0.494 e. The molecule has 1 saturated heterocycles. The lowest BCUT2D eigenvalue weighted by Gasteiger charge is -2.34. The lowest BCUT2D eigenvalue weighted by atomic mass is 10.0. The fourth-order valence-corrected chi connectivity index (χ4v) is 3.80. The third kappa shape index (κ3) is 4.39. The maximum absolute atomic E-state index is 13.2. The third-order valence-corrected chi connectivity index (χ3v) is 5.42. The van der Waals surface area contributed by atoms with Crippen LogP contribution in [0.1, 0.15) is 28.6 Å². The summed E-state index contributed by atoms with van der Waals surface area (Å²) in [5.41, 5.74) is 3.34. The van der Waals surface area contributed by atoms with Crippen LogP contribution in [0.5, 0.6) is 5.75 Å². The van der Waals surface area contributed by atoms with Crippen molar-refractivity contribution in [1.29, 1.82) is 0 Å². The molecule has 6 heteroatoms. The van der Waals surface area contributed by atoms with Crippen LogP contribution >= 0.6 is 0 Å². The Morgan fingerprint density at radius 3 is 2.40 bits per heavy atom. The second kappa shape index (κ2) is 9.13. The summed E-state index contributed by atoms with van der Waals surface area (Å²) < 4.78 is 10.9. The lowest BCUT2D eigenvalue weighted by molar-refractivity contribution is 0.0627. The number of ether oxygens (including phenoxy) is 1. The van der Waals surface area contributed by atoms with Crippen molar-refractivity contribution in [1.82, 2.24) is 15.0 Å². The second-order valence-corrected chi connectivity index (χ2v) is 7.47. The number of amides is 1. The van der Waals surface area contributed by atoms with Crippen LogP contribution in [0.15, 0.2) is 59.1 Å². The summed E-state index contributed by atoms with van der Waals surface area (Å²) in [6.45, 7) is 8.38. The standard InChI is InChI=1S/C24H27N3O3/c1-3-29-21-11-9-19(10-12-21)17-26-13-15-27(16-14-26)24(28)22-18(2)30-25-23(22)20-7-5-4-6-8-20/h4-12H,3,13-17H2,1-2H3. The first kappa shape index (κ1) is 20.2. The monoisotopic (exact) mass is 405 g/mol. The van der Waals surface area contributed by atoms with E-state index < -0.39 is 0 Å². The van der Waals surface area contributed by atoms with Crippen LogP contribution in [-0.4, -0.2) is 53.6 Å². The molecular formula is C24H27N3O3. The van der Waals surface area contributed by atoms with E-state index in [1.807, 2.05) is 54.3 Å². The van der Waals surface area contributed by atoms with E-state index in [0.717, 1.165) is 30.9 Å². The zero-order chi connectivity index (χ0) is 20.9. The molecule has 1 aliphatic heterocycles. The Labute approximate surface area is 177 Å². The maximum atomic E-state index is 13.2. The van der Waals surface area contributed by atoms with E-state index in [0.29, 0.717) is 36.7 Å². The quantitative estimate of drug-likeness (QED) is 0.620. The van der Waals surface area contributed by atoms with E-state index in [1.165, 1.54) is 5.56 Å². The first-order valence-corrected chi connectivity index (χ1v) is 10.4. The predicted molar refractivity (Wildman–Crippen MR) is 115 cm³/mol. The van der Waals surface area contributed by atoms with Gasteiger partial charge in [-0.15, -0.1) is 0 Å². The summed E-state index contributed by atoms with van der Waals surface area (Å²) in [6.07, 6.45) is 0. The second-order valence-electron chi connectivity index (χ2n) is 7.47. The molecule has 1 aromatic heterocycles. The zero-order valence-corrected chi connectivity index (χ0v) is 17.5. The van der Waals surface area contributed by atoms with E-state index in [4.69, 9.17) is 9.26 Å². The third-order valence-electron chi connectivity index (χ3n) is 5.42. The number of benzene rings is 2. The fourth-order valence-electron chi connectivity index (χ4n) is 3.80. The van der Waals surface area contributed by atoms with E-state index in [1.54, 1.807) is 6.92 Å². The molecule has 0 spiro atoms. The van der Waals surface area contributed by atoms with Gasteiger partial charge in [0.1, 0.15) is 22.8 Å². The highest BCUT2D eigenvalue weighted by atomic mass is 16.5. The Bertz CT molecular complexity index is 975. The molecule has 0 N–H and O–H groups in total. The summed E-state index contributed by atoms with van der Waals surface area (Å²) in [5, 5.41) is 4.15. The molecule has 0 atom stereocenters. The number of nitrogens with zero attached hydrogens (tertiary/aromatic N) is 3. The summed E-state index contributed by atoms with van der Waals surface area (Å²) in [5.74, 6) is 1.46. The fraction of sp³-hybridized carbons (Fsp3) is 0.333. The molecule has 0 unspecified atom stereocenters. The molecule has 0 aliphatic carbocycles. The molecule has 2 aromatic carbocycles. The minimum absolute atomic E-state index is 0.00618. The predicted octanol–water partition coefficient (Wildman–Crippen LogP) is 4.01. The van der Waals surface area contributed by atoms with E-state index in [9.17, 15) is 4.79 Å². The van der Waals surface area contributed by atoms with E-state index in [-0.39, 0.29) is 5.91 Å². The Morgan fingerprint density at radius 1 is 1.03 bits per heavy atom. The molecule has 6 nitrogen and oxygen atoms in total. The molecule has 2 heterocycles. The molecule has 1 fully saturated rings. The van der Waals surface area contributed by atoms with Crippen molar-refractivity contribution < 1.29 is 14.1 Å². The van der Waals surface area contributed by atoms with Gasteiger partial charge in [0.15, 0.2) is 0 Å². The van der Waals surface area contributed by atoms with Crippen molar-refractivity contribution >= 4 is 5.91 Å². The van der Waals surface area contributed by atoms with Crippen molar-refractivity contribution in [2.24, 2.45) is 0 Å². The van der Waals surface area contributed by atoms with Gasteiger partial charge in [0.2, 0.25) is 0 Å². The number of carbonyl (C=O) groups excluding carboxylic acids is 1. The minimum atomic E-state index is -0.00618. The summed E-state index contributed by atoms with van der Waals surface area (Å²) >= 11 is 0. The first-order valence-electron chi connectivity index (χ1n) is 10.4. The van der Waals surface area contributed by atoms with Gasteiger partial charge in [0.05, 0.1) is 6.61 Å². The number of aryl methyl sites for hydroxylation is 1. The van der Waals surface area contributed by atoms with Crippen LogP contribution in [0.2, 0.25) is 0 Å².